The molecule has 0 aliphatic carbocycles. The van der Waals surface area contributed by atoms with Crippen LogP contribution in [-0.2, 0) is 16.4 Å². The van der Waals surface area contributed by atoms with Gasteiger partial charge in [0.15, 0.2) is 0 Å². The Morgan fingerprint density at radius 2 is 1.62 bits per heavy atom. The molecule has 0 atom stereocenters. The monoisotopic (exact) mass is 374 g/mol. The van der Waals surface area contributed by atoms with Crippen molar-refractivity contribution in [1.29, 1.82) is 0 Å². The van der Waals surface area contributed by atoms with Gasteiger partial charge in [-0.05, 0) is 42.3 Å². The molecule has 8 nitrogen and oxygen atoms in total. The molecule has 0 unspecified atom stereocenters. The van der Waals surface area contributed by atoms with E-state index < -0.39 is 27.8 Å². The Balaban J connectivity index is 1.76. The molecule has 0 saturated heterocycles. The summed E-state index contributed by atoms with van der Waals surface area (Å²) in [6, 6.07) is 9.62. The normalized spacial score (nSPS) is 13.8. The first-order valence-electron chi connectivity index (χ1n) is 7.54. The predicted octanol–water partition coefficient (Wildman–Crippen LogP) is 0.871. The summed E-state index contributed by atoms with van der Waals surface area (Å²) in [6.07, 6.45) is 0.322. The van der Waals surface area contributed by atoms with E-state index in [-0.39, 0.29) is 28.1 Å². The van der Waals surface area contributed by atoms with Crippen LogP contribution in [-0.4, -0.2) is 42.8 Å². The highest BCUT2D eigenvalue weighted by molar-refractivity contribution is 7.89. The number of carboxylic acids is 1. The highest BCUT2D eigenvalue weighted by Gasteiger charge is 2.35. The fourth-order valence-electron chi connectivity index (χ4n) is 2.71. The number of sulfonamides is 1. The molecule has 2 aromatic rings. The first kappa shape index (κ1) is 17.8. The van der Waals surface area contributed by atoms with Gasteiger partial charge in [0.2, 0.25) is 10.0 Å². The first-order valence-corrected chi connectivity index (χ1v) is 9.08. The highest BCUT2D eigenvalue weighted by atomic mass is 32.2. The molecule has 0 fully saturated rings. The fraction of sp³-hybridized carbons (Fsp3) is 0.118. The van der Waals surface area contributed by atoms with Crippen molar-refractivity contribution in [3.05, 3.63) is 64.7 Å². The summed E-state index contributed by atoms with van der Waals surface area (Å²) in [5, 5.41) is 14.0. The maximum atomic E-state index is 12.4. The fourth-order valence-corrected chi connectivity index (χ4v) is 3.23. The molecular formula is C17H14N2O6S. The smallest absolute Gasteiger partial charge is 0.335 e. The summed E-state index contributed by atoms with van der Waals surface area (Å²) in [7, 11) is -3.78. The SMILES string of the molecule is NS(=O)(=O)c1ccc(CCN2C(=O)c3ccc(C(=O)O)cc3C2=O)cc1. The van der Waals surface area contributed by atoms with Gasteiger partial charge >= 0.3 is 5.97 Å². The van der Waals surface area contributed by atoms with Gasteiger partial charge in [-0.2, -0.15) is 0 Å². The van der Waals surface area contributed by atoms with Gasteiger partial charge < -0.3 is 5.11 Å². The van der Waals surface area contributed by atoms with Crippen molar-refractivity contribution in [1.82, 2.24) is 4.90 Å². The lowest BCUT2D eigenvalue weighted by atomic mass is 10.1. The Bertz CT molecular complexity index is 1030. The minimum atomic E-state index is -3.78. The number of hydrogen-bond donors (Lipinski definition) is 2. The molecule has 2 amide bonds. The molecule has 26 heavy (non-hydrogen) atoms. The molecule has 0 spiro atoms. The molecule has 1 aliphatic rings. The molecule has 3 N–H and O–H groups in total. The largest absolute Gasteiger partial charge is 0.478 e. The average molecular weight is 374 g/mol. The third-order valence-electron chi connectivity index (χ3n) is 4.09. The van der Waals surface area contributed by atoms with Gasteiger partial charge in [-0.1, -0.05) is 12.1 Å². The van der Waals surface area contributed by atoms with Crippen LogP contribution in [0.5, 0.6) is 0 Å². The van der Waals surface area contributed by atoms with Crippen molar-refractivity contribution < 1.29 is 27.9 Å². The number of carboxylic acid groups (broad SMARTS) is 1. The average Bonchev–Trinajstić information content (AvgIpc) is 2.83. The Labute approximate surface area is 148 Å². The van der Waals surface area contributed by atoms with Crippen molar-refractivity contribution in [2.45, 2.75) is 11.3 Å². The maximum Gasteiger partial charge on any atom is 0.335 e. The second-order valence-electron chi connectivity index (χ2n) is 5.77. The maximum absolute atomic E-state index is 12.4. The van der Waals surface area contributed by atoms with Crippen molar-refractivity contribution in [3.63, 3.8) is 0 Å². The molecule has 0 bridgehead atoms. The molecular weight excluding hydrogens is 360 g/mol. The van der Waals surface area contributed by atoms with Gasteiger partial charge in [0, 0.05) is 6.54 Å². The van der Waals surface area contributed by atoms with Crippen LogP contribution >= 0.6 is 0 Å². The molecule has 9 heteroatoms. The number of benzene rings is 2. The lowest BCUT2D eigenvalue weighted by molar-refractivity contribution is 0.0654. The van der Waals surface area contributed by atoms with Crippen molar-refractivity contribution >= 4 is 27.8 Å². The predicted molar refractivity (Wildman–Crippen MR) is 90.3 cm³/mol. The van der Waals surface area contributed by atoms with Gasteiger partial charge in [-0.25, -0.2) is 18.4 Å². The second kappa shape index (κ2) is 6.36. The van der Waals surface area contributed by atoms with E-state index in [1.54, 1.807) is 12.1 Å². The summed E-state index contributed by atoms with van der Waals surface area (Å²) in [6.45, 7) is 0.0868. The number of imide groups is 1. The van der Waals surface area contributed by atoms with E-state index in [4.69, 9.17) is 10.2 Å². The van der Waals surface area contributed by atoms with E-state index in [0.29, 0.717) is 6.42 Å². The molecule has 1 heterocycles. The van der Waals surface area contributed by atoms with Crippen LogP contribution in [0.25, 0.3) is 0 Å². The lowest BCUT2D eigenvalue weighted by Gasteiger charge is -2.13. The minimum absolute atomic E-state index is 0.0248. The van der Waals surface area contributed by atoms with Crippen molar-refractivity contribution in [2.24, 2.45) is 5.14 Å². The number of carbonyl (C=O) groups excluding carboxylic acids is 2. The number of nitrogens with two attached hydrogens (primary N) is 1. The third kappa shape index (κ3) is 3.22. The van der Waals surface area contributed by atoms with Crippen LogP contribution in [0.2, 0.25) is 0 Å². The summed E-state index contributed by atoms with van der Waals surface area (Å²) >= 11 is 0. The summed E-state index contributed by atoms with van der Waals surface area (Å²) in [5.41, 5.74) is 0.898. The molecule has 1 aliphatic heterocycles. The zero-order chi connectivity index (χ0) is 19.1. The van der Waals surface area contributed by atoms with Crippen LogP contribution in [0.3, 0.4) is 0 Å². The van der Waals surface area contributed by atoms with Gasteiger partial charge in [0.05, 0.1) is 21.6 Å². The summed E-state index contributed by atoms with van der Waals surface area (Å²) in [4.78, 5) is 36.8. The summed E-state index contributed by atoms with van der Waals surface area (Å²) in [5.74, 6) is -2.21. The van der Waals surface area contributed by atoms with Crippen LogP contribution in [0, 0.1) is 0 Å². The van der Waals surface area contributed by atoms with Crippen molar-refractivity contribution in [3.8, 4) is 0 Å². The zero-order valence-electron chi connectivity index (χ0n) is 13.4. The van der Waals surface area contributed by atoms with E-state index in [9.17, 15) is 22.8 Å². The molecule has 2 aromatic carbocycles. The van der Waals surface area contributed by atoms with Gasteiger partial charge in [-0.15, -0.1) is 0 Å². The highest BCUT2D eigenvalue weighted by Crippen LogP contribution is 2.24. The zero-order valence-corrected chi connectivity index (χ0v) is 14.2. The number of rotatable bonds is 5. The first-order chi connectivity index (χ1) is 12.2. The van der Waals surface area contributed by atoms with E-state index in [1.165, 1.54) is 30.3 Å². The summed E-state index contributed by atoms with van der Waals surface area (Å²) < 4.78 is 22.5. The van der Waals surface area contributed by atoms with Crippen LogP contribution in [0.15, 0.2) is 47.4 Å². The van der Waals surface area contributed by atoms with Crippen LogP contribution in [0.1, 0.15) is 36.6 Å². The number of carbonyl (C=O) groups is 3. The topological polar surface area (TPSA) is 135 Å². The Kier molecular flexibility index (Phi) is 4.34. The van der Waals surface area contributed by atoms with Gasteiger partial charge in [0.25, 0.3) is 11.8 Å². The molecule has 0 radical (unpaired) electrons. The third-order valence-corrected chi connectivity index (χ3v) is 5.02. The Morgan fingerprint density at radius 3 is 2.19 bits per heavy atom. The molecule has 134 valence electrons. The Morgan fingerprint density at radius 1 is 1.00 bits per heavy atom. The molecule has 0 saturated carbocycles. The van der Waals surface area contributed by atoms with Gasteiger partial charge in [0.1, 0.15) is 0 Å². The number of amides is 2. The number of aromatic carboxylic acids is 1. The number of primary sulfonamides is 1. The van der Waals surface area contributed by atoms with Gasteiger partial charge in [-0.3, -0.25) is 14.5 Å². The standard InChI is InChI=1S/C17H14N2O6S/c18-26(24,25)12-4-1-10(2-5-12)7-8-19-15(20)13-6-3-11(17(22)23)9-14(13)16(19)21/h1-6,9H,7-8H2,(H,22,23)(H2,18,24,25). The second-order valence-corrected chi connectivity index (χ2v) is 7.33. The molecule has 3 rings (SSSR count). The number of hydrogen-bond acceptors (Lipinski definition) is 5. The van der Waals surface area contributed by atoms with E-state index in [2.05, 4.69) is 0 Å². The molecule has 0 aromatic heterocycles. The van der Waals surface area contributed by atoms with Crippen LogP contribution in [0.4, 0.5) is 0 Å². The number of fused-ring (bicyclic) bond motifs is 1. The lowest BCUT2D eigenvalue weighted by Crippen LogP contribution is -2.31. The van der Waals surface area contributed by atoms with Crippen LogP contribution < -0.4 is 5.14 Å². The van der Waals surface area contributed by atoms with Crippen molar-refractivity contribution in [2.75, 3.05) is 6.54 Å². The Hall–Kier alpha value is -3.04. The number of nitrogens with zero attached hydrogens (tertiary/aromatic N) is 1. The van der Waals surface area contributed by atoms with E-state index >= 15 is 0 Å². The quantitative estimate of drug-likeness (QED) is 0.746. The van der Waals surface area contributed by atoms with E-state index in [0.717, 1.165) is 10.5 Å². The van der Waals surface area contributed by atoms with E-state index in [1.807, 2.05) is 0 Å². The minimum Gasteiger partial charge on any atom is -0.478 e.